The average Bonchev–Trinajstić information content (AvgIpc) is 3.06. The molecule has 0 aromatic heterocycles. The van der Waals surface area contributed by atoms with Crippen LogP contribution in [0.25, 0.3) is 0 Å². The molecule has 0 bridgehead atoms. The molecule has 132 valence electrons. The topological polar surface area (TPSA) is 61.8 Å². The average molecular weight is 353 g/mol. The highest BCUT2D eigenvalue weighted by molar-refractivity contribution is 5.96. The van der Waals surface area contributed by atoms with E-state index in [1.54, 1.807) is 0 Å². The van der Waals surface area contributed by atoms with Gasteiger partial charge in [0, 0.05) is 30.6 Å². The Labute approximate surface area is 148 Å². The number of hydrogen-bond acceptors (Lipinski definition) is 4. The molecule has 0 radical (unpaired) electrons. The molecule has 0 aliphatic carbocycles. The van der Waals surface area contributed by atoms with Gasteiger partial charge in [0.2, 0.25) is 0 Å². The maximum absolute atomic E-state index is 13.1. The number of rotatable bonds is 1. The first-order valence-electron chi connectivity index (χ1n) is 8.56. The number of likely N-dealkylation sites (tertiary alicyclic amines) is 1. The molecule has 0 unspecified atom stereocenters. The van der Waals surface area contributed by atoms with Gasteiger partial charge in [0.05, 0.1) is 19.3 Å². The van der Waals surface area contributed by atoms with E-state index in [1.165, 1.54) is 0 Å². The SMILES string of the molecule is Cl.O=C(c1cccc2c1COC2)N1CCC[C@]2(CNCC[C@@H]2O)C1. The van der Waals surface area contributed by atoms with E-state index in [-0.39, 0.29) is 29.8 Å². The van der Waals surface area contributed by atoms with Gasteiger partial charge in [-0.3, -0.25) is 4.79 Å². The molecule has 2 saturated heterocycles. The van der Waals surface area contributed by atoms with Gasteiger partial charge in [-0.2, -0.15) is 0 Å². The molecular weight excluding hydrogens is 328 g/mol. The fraction of sp³-hybridized carbons (Fsp3) is 0.611. The van der Waals surface area contributed by atoms with Crippen molar-refractivity contribution in [1.29, 1.82) is 0 Å². The van der Waals surface area contributed by atoms with Crippen molar-refractivity contribution < 1.29 is 14.6 Å². The van der Waals surface area contributed by atoms with Crippen LogP contribution in [0.2, 0.25) is 0 Å². The van der Waals surface area contributed by atoms with E-state index in [1.807, 2.05) is 23.1 Å². The molecule has 1 spiro atoms. The van der Waals surface area contributed by atoms with E-state index >= 15 is 0 Å². The normalized spacial score (nSPS) is 29.2. The summed E-state index contributed by atoms with van der Waals surface area (Å²) < 4.78 is 5.50. The number of hydrogen-bond donors (Lipinski definition) is 2. The molecule has 1 amide bonds. The van der Waals surface area contributed by atoms with Crippen LogP contribution < -0.4 is 5.32 Å². The van der Waals surface area contributed by atoms with Gasteiger partial charge >= 0.3 is 0 Å². The Bertz CT molecular complexity index is 620. The summed E-state index contributed by atoms with van der Waals surface area (Å²) in [6.45, 7) is 4.21. The Morgan fingerprint density at radius 3 is 3.08 bits per heavy atom. The zero-order valence-electron chi connectivity index (χ0n) is 13.8. The summed E-state index contributed by atoms with van der Waals surface area (Å²) in [5.41, 5.74) is 2.76. The molecule has 2 fully saturated rings. The smallest absolute Gasteiger partial charge is 0.254 e. The Balaban J connectivity index is 0.00000169. The molecular formula is C18H25ClN2O3. The Morgan fingerprint density at radius 2 is 2.25 bits per heavy atom. The fourth-order valence-corrected chi connectivity index (χ4v) is 4.32. The molecule has 4 rings (SSSR count). The minimum absolute atomic E-state index is 0. The fourth-order valence-electron chi connectivity index (χ4n) is 4.32. The molecule has 2 N–H and O–H groups in total. The Morgan fingerprint density at radius 1 is 1.38 bits per heavy atom. The molecule has 1 aromatic carbocycles. The van der Waals surface area contributed by atoms with Gasteiger partial charge in [0.1, 0.15) is 0 Å². The van der Waals surface area contributed by atoms with Gasteiger partial charge in [-0.1, -0.05) is 12.1 Å². The van der Waals surface area contributed by atoms with Crippen LogP contribution >= 0.6 is 12.4 Å². The molecule has 1 aromatic rings. The summed E-state index contributed by atoms with van der Waals surface area (Å²) in [5.74, 6) is 0.0872. The Kier molecular flexibility index (Phi) is 5.16. The first-order chi connectivity index (χ1) is 11.2. The third kappa shape index (κ3) is 2.94. The van der Waals surface area contributed by atoms with Crippen LogP contribution in [0.15, 0.2) is 18.2 Å². The van der Waals surface area contributed by atoms with Crippen LogP contribution in [0.3, 0.4) is 0 Å². The highest BCUT2D eigenvalue weighted by Gasteiger charge is 2.44. The summed E-state index contributed by atoms with van der Waals surface area (Å²) in [6.07, 6.45) is 2.40. The van der Waals surface area contributed by atoms with Crippen LogP contribution in [0.5, 0.6) is 0 Å². The second kappa shape index (κ2) is 7.00. The number of carbonyl (C=O) groups is 1. The van der Waals surface area contributed by atoms with Crippen LogP contribution in [-0.4, -0.2) is 48.2 Å². The van der Waals surface area contributed by atoms with Gasteiger partial charge < -0.3 is 20.1 Å². The number of ether oxygens (including phenoxy) is 1. The maximum atomic E-state index is 13.1. The lowest BCUT2D eigenvalue weighted by molar-refractivity contribution is -0.0433. The molecule has 24 heavy (non-hydrogen) atoms. The Hall–Kier alpha value is -1.14. The van der Waals surface area contributed by atoms with Crippen LogP contribution in [-0.2, 0) is 18.0 Å². The van der Waals surface area contributed by atoms with Crippen molar-refractivity contribution in [3.05, 3.63) is 34.9 Å². The van der Waals surface area contributed by atoms with Crippen molar-refractivity contribution >= 4 is 18.3 Å². The number of nitrogens with one attached hydrogen (secondary N) is 1. The van der Waals surface area contributed by atoms with Crippen molar-refractivity contribution in [2.45, 2.75) is 38.6 Å². The van der Waals surface area contributed by atoms with E-state index in [0.717, 1.165) is 55.6 Å². The summed E-state index contributed by atoms with van der Waals surface area (Å²) >= 11 is 0. The van der Waals surface area contributed by atoms with Crippen molar-refractivity contribution in [1.82, 2.24) is 10.2 Å². The van der Waals surface area contributed by atoms with Gasteiger partial charge in [-0.15, -0.1) is 12.4 Å². The predicted molar refractivity (Wildman–Crippen MR) is 93.2 cm³/mol. The molecule has 6 heteroatoms. The van der Waals surface area contributed by atoms with Crippen LogP contribution in [0.4, 0.5) is 0 Å². The lowest BCUT2D eigenvalue weighted by Crippen LogP contribution is -2.58. The zero-order chi connectivity index (χ0) is 15.9. The largest absolute Gasteiger partial charge is 0.392 e. The maximum Gasteiger partial charge on any atom is 0.254 e. The third-order valence-electron chi connectivity index (χ3n) is 5.68. The summed E-state index contributed by atoms with van der Waals surface area (Å²) in [5, 5.41) is 13.9. The third-order valence-corrected chi connectivity index (χ3v) is 5.68. The van der Waals surface area contributed by atoms with E-state index in [9.17, 15) is 9.90 Å². The van der Waals surface area contributed by atoms with Crippen molar-refractivity contribution in [2.75, 3.05) is 26.2 Å². The molecule has 3 aliphatic rings. The lowest BCUT2D eigenvalue weighted by atomic mass is 9.72. The van der Waals surface area contributed by atoms with Gasteiger partial charge in [-0.05, 0) is 43.0 Å². The van der Waals surface area contributed by atoms with Crippen molar-refractivity contribution in [3.63, 3.8) is 0 Å². The molecule has 0 saturated carbocycles. The second-order valence-corrected chi connectivity index (χ2v) is 7.11. The number of nitrogens with zero attached hydrogens (tertiary/aromatic N) is 1. The second-order valence-electron chi connectivity index (χ2n) is 7.11. The minimum atomic E-state index is -0.316. The van der Waals surface area contributed by atoms with Crippen molar-refractivity contribution in [2.24, 2.45) is 5.41 Å². The number of fused-ring (bicyclic) bond motifs is 1. The number of amides is 1. The quantitative estimate of drug-likeness (QED) is 0.808. The number of piperidine rings is 2. The number of carbonyl (C=O) groups excluding carboxylic acids is 1. The van der Waals surface area contributed by atoms with E-state index in [0.29, 0.717) is 19.8 Å². The summed E-state index contributed by atoms with van der Waals surface area (Å²) in [6, 6.07) is 5.88. The monoisotopic (exact) mass is 352 g/mol. The number of aliphatic hydroxyl groups excluding tert-OH is 1. The molecule has 3 heterocycles. The highest BCUT2D eigenvalue weighted by atomic mass is 35.5. The summed E-state index contributed by atoms with van der Waals surface area (Å²) in [7, 11) is 0. The van der Waals surface area contributed by atoms with Crippen molar-refractivity contribution in [3.8, 4) is 0 Å². The number of aliphatic hydroxyl groups is 1. The van der Waals surface area contributed by atoms with E-state index in [2.05, 4.69) is 5.32 Å². The molecule has 5 nitrogen and oxygen atoms in total. The number of halogens is 1. The zero-order valence-corrected chi connectivity index (χ0v) is 14.6. The standard InChI is InChI=1S/C18H24N2O3.ClH/c21-16-5-7-19-11-18(16)6-2-8-20(12-18)17(22)14-4-1-3-13-9-23-10-15(13)14;/h1,3-4,16,19,21H,2,5-12H2;1H/t16-,18-;/m0./s1. The highest BCUT2D eigenvalue weighted by Crippen LogP contribution is 2.37. The predicted octanol–water partition coefficient (Wildman–Crippen LogP) is 1.72. The molecule has 2 atom stereocenters. The number of benzene rings is 1. The minimum Gasteiger partial charge on any atom is -0.392 e. The van der Waals surface area contributed by atoms with Gasteiger partial charge in [0.25, 0.3) is 5.91 Å². The van der Waals surface area contributed by atoms with Gasteiger partial charge in [-0.25, -0.2) is 0 Å². The van der Waals surface area contributed by atoms with E-state index in [4.69, 9.17) is 4.74 Å². The van der Waals surface area contributed by atoms with E-state index < -0.39 is 0 Å². The lowest BCUT2D eigenvalue weighted by Gasteiger charge is -2.48. The van der Waals surface area contributed by atoms with Gasteiger partial charge in [0.15, 0.2) is 0 Å². The molecule has 3 aliphatic heterocycles. The van der Waals surface area contributed by atoms with Crippen LogP contribution in [0.1, 0.15) is 40.7 Å². The first kappa shape index (κ1) is 17.7. The van der Waals surface area contributed by atoms with Crippen LogP contribution in [0, 0.1) is 5.41 Å². The summed E-state index contributed by atoms with van der Waals surface area (Å²) in [4.78, 5) is 15.0. The first-order valence-corrected chi connectivity index (χ1v) is 8.56.